The van der Waals surface area contributed by atoms with E-state index in [0.29, 0.717) is 5.56 Å². The molecule has 0 spiro atoms. The number of ketones is 1. The highest BCUT2D eigenvalue weighted by Crippen LogP contribution is 2.25. The molecule has 9 atom stereocenters. The van der Waals surface area contributed by atoms with Crippen LogP contribution in [0, 0.1) is 11.8 Å². The summed E-state index contributed by atoms with van der Waals surface area (Å²) in [5.74, 6) is -9.23. The molecule has 0 aromatic heterocycles. The van der Waals surface area contributed by atoms with E-state index in [1.54, 1.807) is 44.2 Å². The molecule has 1 saturated heterocycles. The van der Waals surface area contributed by atoms with Crippen molar-refractivity contribution in [2.24, 2.45) is 40.5 Å². The van der Waals surface area contributed by atoms with Crippen LogP contribution in [0.3, 0.4) is 0 Å². The fourth-order valence-electron chi connectivity index (χ4n) is 8.76. The van der Waals surface area contributed by atoms with Crippen molar-refractivity contribution >= 4 is 64.9 Å². The summed E-state index contributed by atoms with van der Waals surface area (Å²) in [6, 6.07) is -4.00. The zero-order chi connectivity index (χ0) is 56.5. The maximum atomic E-state index is 14.4. The average Bonchev–Trinajstić information content (AvgIpc) is 3.36. The van der Waals surface area contributed by atoms with Gasteiger partial charge in [0.1, 0.15) is 48.3 Å². The molecule has 424 valence electrons. The summed E-state index contributed by atoms with van der Waals surface area (Å²) in [4.78, 5) is 152. The van der Waals surface area contributed by atoms with E-state index in [-0.39, 0.29) is 94.9 Å². The Morgan fingerprint density at radius 1 is 0.592 bits per heavy atom. The van der Waals surface area contributed by atoms with Crippen LogP contribution >= 0.6 is 0 Å². The fourth-order valence-corrected chi connectivity index (χ4v) is 8.76. The first kappa shape index (κ1) is 63.7. The summed E-state index contributed by atoms with van der Waals surface area (Å²) in [5.41, 5.74) is 30.1. The van der Waals surface area contributed by atoms with Crippen LogP contribution in [0.1, 0.15) is 104 Å². The topological polar surface area (TPSA) is 438 Å². The van der Waals surface area contributed by atoms with Gasteiger partial charge in [-0.2, -0.15) is 0 Å². The number of rotatable bonds is 20. The Kier molecular flexibility index (Phi) is 27.4. The molecule has 1 aromatic rings. The van der Waals surface area contributed by atoms with Crippen molar-refractivity contribution in [2.75, 3.05) is 32.7 Å². The van der Waals surface area contributed by atoms with Crippen molar-refractivity contribution < 1.29 is 52.7 Å². The summed E-state index contributed by atoms with van der Waals surface area (Å²) in [7, 11) is 0. The Balaban J connectivity index is 2.05. The normalized spacial score (nSPS) is 25.7. The molecule has 1 heterocycles. The van der Waals surface area contributed by atoms with E-state index in [9.17, 15) is 52.7 Å². The summed E-state index contributed by atoms with van der Waals surface area (Å²) in [5, 5.41) is 25.7. The van der Waals surface area contributed by atoms with E-state index in [2.05, 4.69) is 53.2 Å². The summed E-state index contributed by atoms with van der Waals surface area (Å²) in [6.45, 7) is 5.11. The molecule has 26 heteroatoms. The molecule has 1 aromatic carbocycles. The zero-order valence-corrected chi connectivity index (χ0v) is 44.2. The number of nitrogens with two attached hydrogens (primary N) is 5. The molecule has 0 radical (unpaired) electrons. The van der Waals surface area contributed by atoms with Crippen LogP contribution < -0.4 is 81.8 Å². The van der Waals surface area contributed by atoms with Crippen molar-refractivity contribution in [3.8, 4) is 0 Å². The SMILES string of the molecule is CC(=O)[C@@H]1NC(=O)[C@H](CCN)NC(=O)[C@H](CCN)NC(=O)[C@H](CC(C)C)NC(=O)[C@@H](Cc2ccccc2)NC(=O)[C@H](CCN)NC(=O)[C@@H](NC(=O)[C@H](CCN)NC(=O)[C@H](C)NC(=O)CC2CCC(N)CC2)CCNC1=O. The third kappa shape index (κ3) is 21.6. The number of Topliss-reactive ketones (excluding diaryl/α,β-unsaturated/α-hetero) is 1. The largest absolute Gasteiger partial charge is 0.354 e. The number of hydrogen-bond acceptors (Lipinski definition) is 16. The van der Waals surface area contributed by atoms with Gasteiger partial charge in [-0.25, -0.2) is 0 Å². The maximum absolute atomic E-state index is 14.4. The summed E-state index contributed by atoms with van der Waals surface area (Å²) in [6.07, 6.45) is 2.27. The van der Waals surface area contributed by atoms with Crippen molar-refractivity contribution in [3.05, 3.63) is 35.9 Å². The third-order valence-electron chi connectivity index (χ3n) is 13.1. The highest BCUT2D eigenvalue weighted by atomic mass is 16.2. The van der Waals surface area contributed by atoms with E-state index < -0.39 is 126 Å². The molecule has 2 aliphatic rings. The number of nitrogens with one attached hydrogen (secondary N) is 10. The minimum Gasteiger partial charge on any atom is -0.354 e. The van der Waals surface area contributed by atoms with Gasteiger partial charge in [0.15, 0.2) is 11.8 Å². The molecule has 1 saturated carbocycles. The van der Waals surface area contributed by atoms with Gasteiger partial charge in [0.25, 0.3) is 0 Å². The van der Waals surface area contributed by atoms with Gasteiger partial charge in [0.05, 0.1) is 0 Å². The molecular formula is C50H83N15O11. The van der Waals surface area contributed by atoms with E-state index in [4.69, 9.17) is 28.7 Å². The lowest BCUT2D eigenvalue weighted by molar-refractivity contribution is -0.137. The lowest BCUT2D eigenvalue weighted by atomic mass is 9.84. The van der Waals surface area contributed by atoms with Gasteiger partial charge >= 0.3 is 0 Å². The van der Waals surface area contributed by atoms with E-state index in [0.717, 1.165) is 32.6 Å². The second-order valence-electron chi connectivity index (χ2n) is 20.0. The molecule has 3 rings (SSSR count). The first-order chi connectivity index (χ1) is 36.1. The predicted octanol–water partition coefficient (Wildman–Crippen LogP) is -4.93. The third-order valence-corrected chi connectivity index (χ3v) is 13.1. The predicted molar refractivity (Wildman–Crippen MR) is 280 cm³/mol. The lowest BCUT2D eigenvalue weighted by Crippen LogP contribution is -2.61. The van der Waals surface area contributed by atoms with Crippen LogP contribution in [0.25, 0.3) is 0 Å². The minimum atomic E-state index is -1.83. The van der Waals surface area contributed by atoms with E-state index in [1.165, 1.54) is 6.92 Å². The number of benzene rings is 1. The maximum Gasteiger partial charge on any atom is 0.250 e. The minimum absolute atomic E-state index is 0.0637. The van der Waals surface area contributed by atoms with Gasteiger partial charge in [-0.3, -0.25) is 52.7 Å². The second-order valence-corrected chi connectivity index (χ2v) is 20.0. The van der Waals surface area contributed by atoms with Crippen molar-refractivity contribution in [1.29, 1.82) is 0 Å². The number of carbonyl (C=O) groups is 11. The smallest absolute Gasteiger partial charge is 0.250 e. The molecule has 1 aliphatic heterocycles. The molecule has 26 nitrogen and oxygen atoms in total. The van der Waals surface area contributed by atoms with Gasteiger partial charge in [-0.05, 0) is 122 Å². The fraction of sp³-hybridized carbons (Fsp3) is 0.660. The Labute approximate surface area is 443 Å². The van der Waals surface area contributed by atoms with Crippen LogP contribution in [0.5, 0.6) is 0 Å². The Morgan fingerprint density at radius 2 is 1.09 bits per heavy atom. The van der Waals surface area contributed by atoms with Crippen molar-refractivity contribution in [1.82, 2.24) is 53.2 Å². The molecule has 0 bridgehead atoms. The Hall–Kier alpha value is -6.61. The molecule has 20 N–H and O–H groups in total. The number of amides is 10. The monoisotopic (exact) mass is 1070 g/mol. The first-order valence-electron chi connectivity index (χ1n) is 26.2. The van der Waals surface area contributed by atoms with E-state index in [1.807, 2.05) is 0 Å². The quantitative estimate of drug-likeness (QED) is 0.0544. The van der Waals surface area contributed by atoms with E-state index >= 15 is 0 Å². The molecule has 1 aliphatic carbocycles. The van der Waals surface area contributed by atoms with Crippen LogP contribution in [-0.4, -0.2) is 158 Å². The number of carbonyl (C=O) groups excluding carboxylic acids is 11. The molecular weight excluding hydrogens is 987 g/mol. The van der Waals surface area contributed by atoms with Crippen LogP contribution in [0.4, 0.5) is 0 Å². The highest BCUT2D eigenvalue weighted by molar-refractivity contribution is 6.08. The molecule has 0 unspecified atom stereocenters. The standard InChI is InChI=1S/C50H83N15O11/c1-27(2)24-38-48(74)61-34(15-20-52)44(70)60-36(17-22-54)47(73)65-41(29(4)66)50(76)56-23-18-37(46(72)59-35(16-21-53)45(71)64-39(49(75)63-38)25-30-8-6-5-7-9-30)62-43(69)33(14-19-51)58-42(68)28(3)57-40(67)26-31-10-12-32(55)13-11-31/h5-9,27-28,31-39,41H,10-26,51-55H2,1-4H3,(H,56,76)(H,57,67)(H,58,68)(H,59,72)(H,60,70)(H,61,74)(H,62,69)(H,63,75)(H,64,71)(H,65,73)/t28-,31?,32?,33-,34-,35-,36-,37-,38-,39+,41-/m0/s1. The Morgan fingerprint density at radius 3 is 1.62 bits per heavy atom. The van der Waals surface area contributed by atoms with Gasteiger partial charge in [0, 0.05) is 25.4 Å². The number of hydrogen-bond donors (Lipinski definition) is 15. The van der Waals surface area contributed by atoms with Gasteiger partial charge in [-0.15, -0.1) is 0 Å². The molecule has 10 amide bonds. The van der Waals surface area contributed by atoms with Crippen LogP contribution in [0.2, 0.25) is 0 Å². The first-order valence-corrected chi connectivity index (χ1v) is 26.2. The summed E-state index contributed by atoms with van der Waals surface area (Å²) < 4.78 is 0. The van der Waals surface area contributed by atoms with Crippen molar-refractivity contribution in [2.45, 2.75) is 165 Å². The van der Waals surface area contributed by atoms with Crippen molar-refractivity contribution in [3.63, 3.8) is 0 Å². The zero-order valence-electron chi connectivity index (χ0n) is 44.2. The van der Waals surface area contributed by atoms with Gasteiger partial charge < -0.3 is 81.8 Å². The second kappa shape index (κ2) is 32.7. The van der Waals surface area contributed by atoms with Crippen LogP contribution in [-0.2, 0) is 59.2 Å². The van der Waals surface area contributed by atoms with Crippen LogP contribution in [0.15, 0.2) is 30.3 Å². The molecule has 76 heavy (non-hydrogen) atoms. The van der Waals surface area contributed by atoms with Gasteiger partial charge in [-0.1, -0.05) is 44.2 Å². The molecule has 2 fully saturated rings. The van der Waals surface area contributed by atoms with Gasteiger partial charge in [0.2, 0.25) is 59.1 Å². The lowest BCUT2D eigenvalue weighted by Gasteiger charge is -2.28. The summed E-state index contributed by atoms with van der Waals surface area (Å²) >= 11 is 0. The Bertz CT molecular complexity index is 2140. The highest BCUT2D eigenvalue weighted by Gasteiger charge is 2.36. The average molecular weight is 1070 g/mol.